The second kappa shape index (κ2) is 7.74. The fourth-order valence-electron chi connectivity index (χ4n) is 2.71. The van der Waals surface area contributed by atoms with Crippen molar-refractivity contribution >= 4 is 0 Å². The van der Waals surface area contributed by atoms with Crippen LogP contribution in [0, 0.1) is 0 Å². The maximum atomic E-state index is 10.1. The van der Waals surface area contributed by atoms with Gasteiger partial charge in [-0.15, -0.1) is 0 Å². The van der Waals surface area contributed by atoms with Crippen LogP contribution in [0.4, 0.5) is 0 Å². The number of aliphatic hydroxyl groups excluding tert-OH is 1. The van der Waals surface area contributed by atoms with Crippen molar-refractivity contribution in [2.24, 2.45) is 0 Å². The van der Waals surface area contributed by atoms with Crippen LogP contribution in [0.5, 0.6) is 0 Å². The summed E-state index contributed by atoms with van der Waals surface area (Å²) in [6, 6.07) is 11.0. The second-order valence-corrected chi connectivity index (χ2v) is 5.71. The quantitative estimate of drug-likeness (QED) is 0.822. The van der Waals surface area contributed by atoms with Gasteiger partial charge in [-0.25, -0.2) is 0 Å². The monoisotopic (exact) mass is 278 g/mol. The SMILES string of the molecule is CC1CNCC(C)N1CC(O)COCc1ccccc1. The minimum Gasteiger partial charge on any atom is -0.389 e. The zero-order valence-corrected chi connectivity index (χ0v) is 12.5. The lowest BCUT2D eigenvalue weighted by atomic mass is 10.1. The van der Waals surface area contributed by atoms with Crippen LogP contribution in [0.3, 0.4) is 0 Å². The van der Waals surface area contributed by atoms with E-state index < -0.39 is 6.10 Å². The number of piperazine rings is 1. The van der Waals surface area contributed by atoms with Gasteiger partial charge in [0, 0.05) is 31.7 Å². The van der Waals surface area contributed by atoms with Gasteiger partial charge in [0.15, 0.2) is 0 Å². The molecule has 0 aliphatic carbocycles. The number of aliphatic hydroxyl groups is 1. The molecule has 0 radical (unpaired) electrons. The molecule has 0 aromatic heterocycles. The average molecular weight is 278 g/mol. The molecule has 3 unspecified atom stereocenters. The highest BCUT2D eigenvalue weighted by Crippen LogP contribution is 2.10. The highest BCUT2D eigenvalue weighted by atomic mass is 16.5. The Balaban J connectivity index is 1.70. The van der Waals surface area contributed by atoms with E-state index in [0.29, 0.717) is 31.8 Å². The van der Waals surface area contributed by atoms with E-state index in [2.05, 4.69) is 24.1 Å². The first-order valence-electron chi connectivity index (χ1n) is 7.43. The van der Waals surface area contributed by atoms with Crippen LogP contribution in [-0.2, 0) is 11.3 Å². The van der Waals surface area contributed by atoms with Crippen molar-refractivity contribution in [3.05, 3.63) is 35.9 Å². The maximum absolute atomic E-state index is 10.1. The number of ether oxygens (including phenoxy) is 1. The van der Waals surface area contributed by atoms with E-state index >= 15 is 0 Å². The van der Waals surface area contributed by atoms with Crippen molar-refractivity contribution in [1.82, 2.24) is 10.2 Å². The Bertz CT molecular complexity index is 375. The third-order valence-corrected chi connectivity index (χ3v) is 3.86. The average Bonchev–Trinajstić information content (AvgIpc) is 2.44. The number of benzene rings is 1. The molecule has 0 saturated carbocycles. The van der Waals surface area contributed by atoms with Crippen LogP contribution in [0.2, 0.25) is 0 Å². The Morgan fingerprint density at radius 3 is 2.55 bits per heavy atom. The number of rotatable bonds is 6. The Kier molecular flexibility index (Phi) is 5.98. The predicted molar refractivity (Wildman–Crippen MR) is 80.6 cm³/mol. The summed E-state index contributed by atoms with van der Waals surface area (Å²) in [5.74, 6) is 0. The molecule has 2 rings (SSSR count). The maximum Gasteiger partial charge on any atom is 0.0900 e. The Morgan fingerprint density at radius 2 is 1.90 bits per heavy atom. The van der Waals surface area contributed by atoms with Crippen LogP contribution in [-0.4, -0.2) is 54.4 Å². The lowest BCUT2D eigenvalue weighted by Gasteiger charge is -2.40. The van der Waals surface area contributed by atoms with Gasteiger partial charge in [-0.2, -0.15) is 0 Å². The molecule has 3 atom stereocenters. The number of hydrogen-bond donors (Lipinski definition) is 2. The largest absolute Gasteiger partial charge is 0.389 e. The second-order valence-electron chi connectivity index (χ2n) is 5.71. The molecule has 4 heteroatoms. The molecule has 0 bridgehead atoms. The Labute approximate surface area is 121 Å². The van der Waals surface area contributed by atoms with Crippen LogP contribution < -0.4 is 5.32 Å². The molecular formula is C16H26N2O2. The van der Waals surface area contributed by atoms with Crippen molar-refractivity contribution in [2.75, 3.05) is 26.2 Å². The molecule has 0 spiro atoms. The summed E-state index contributed by atoms with van der Waals surface area (Å²) in [7, 11) is 0. The van der Waals surface area contributed by atoms with E-state index in [1.54, 1.807) is 0 Å². The van der Waals surface area contributed by atoms with E-state index in [1.807, 2.05) is 30.3 Å². The van der Waals surface area contributed by atoms with Crippen LogP contribution in [0.25, 0.3) is 0 Å². The van der Waals surface area contributed by atoms with Gasteiger partial charge in [0.1, 0.15) is 0 Å². The molecule has 1 aliphatic rings. The molecule has 112 valence electrons. The van der Waals surface area contributed by atoms with Crippen molar-refractivity contribution in [2.45, 2.75) is 38.6 Å². The normalized spacial score (nSPS) is 25.6. The first-order chi connectivity index (χ1) is 9.66. The molecule has 1 heterocycles. The molecule has 0 amide bonds. The summed E-state index contributed by atoms with van der Waals surface area (Å²) in [6.45, 7) is 7.99. The standard InChI is InChI=1S/C16H26N2O2/c1-13-8-17-9-14(2)18(13)10-16(19)12-20-11-15-6-4-3-5-7-15/h3-7,13-14,16-17,19H,8-12H2,1-2H3. The summed E-state index contributed by atoms with van der Waals surface area (Å²) in [6.07, 6.45) is -0.429. The van der Waals surface area contributed by atoms with Gasteiger partial charge in [-0.1, -0.05) is 30.3 Å². The van der Waals surface area contributed by atoms with Crippen molar-refractivity contribution < 1.29 is 9.84 Å². The lowest BCUT2D eigenvalue weighted by Crippen LogP contribution is -2.57. The summed E-state index contributed by atoms with van der Waals surface area (Å²) < 4.78 is 5.60. The first-order valence-corrected chi connectivity index (χ1v) is 7.43. The van der Waals surface area contributed by atoms with Gasteiger partial charge < -0.3 is 15.2 Å². The molecule has 4 nitrogen and oxygen atoms in total. The third-order valence-electron chi connectivity index (χ3n) is 3.86. The van der Waals surface area contributed by atoms with Crippen molar-refractivity contribution in [3.63, 3.8) is 0 Å². The number of hydrogen-bond acceptors (Lipinski definition) is 4. The number of nitrogens with zero attached hydrogens (tertiary/aromatic N) is 1. The third kappa shape index (κ3) is 4.56. The summed E-state index contributed by atoms with van der Waals surface area (Å²) in [4.78, 5) is 2.35. The number of nitrogens with one attached hydrogen (secondary N) is 1. The van der Waals surface area contributed by atoms with E-state index in [4.69, 9.17) is 4.74 Å². The fraction of sp³-hybridized carbons (Fsp3) is 0.625. The molecule has 20 heavy (non-hydrogen) atoms. The topological polar surface area (TPSA) is 44.7 Å². The first kappa shape index (κ1) is 15.4. The highest BCUT2D eigenvalue weighted by molar-refractivity contribution is 5.13. The fourth-order valence-corrected chi connectivity index (χ4v) is 2.71. The molecule has 1 aromatic carbocycles. The van der Waals surface area contributed by atoms with Crippen LogP contribution in [0.15, 0.2) is 30.3 Å². The molecular weight excluding hydrogens is 252 g/mol. The molecule has 1 aliphatic heterocycles. The van der Waals surface area contributed by atoms with E-state index in [0.717, 1.165) is 18.7 Å². The van der Waals surface area contributed by atoms with Crippen molar-refractivity contribution in [1.29, 1.82) is 0 Å². The van der Waals surface area contributed by atoms with Crippen molar-refractivity contribution in [3.8, 4) is 0 Å². The predicted octanol–water partition coefficient (Wildman–Crippen LogP) is 1.25. The van der Waals surface area contributed by atoms with Gasteiger partial charge in [-0.05, 0) is 19.4 Å². The van der Waals surface area contributed by atoms with Gasteiger partial charge in [0.05, 0.1) is 19.3 Å². The minimum atomic E-state index is -0.429. The Morgan fingerprint density at radius 1 is 1.25 bits per heavy atom. The summed E-state index contributed by atoms with van der Waals surface area (Å²) in [5, 5.41) is 13.5. The van der Waals surface area contributed by atoms with Gasteiger partial charge in [0.2, 0.25) is 0 Å². The molecule has 2 N–H and O–H groups in total. The van der Waals surface area contributed by atoms with Gasteiger partial charge in [0.25, 0.3) is 0 Å². The zero-order valence-electron chi connectivity index (χ0n) is 12.5. The highest BCUT2D eigenvalue weighted by Gasteiger charge is 2.26. The summed E-state index contributed by atoms with van der Waals surface area (Å²) >= 11 is 0. The molecule has 1 aromatic rings. The molecule has 1 fully saturated rings. The number of β-amino-alcohol motifs (C(OH)–C–C–N with tert-alkyl or cyclic N) is 1. The zero-order chi connectivity index (χ0) is 14.4. The van der Waals surface area contributed by atoms with E-state index in [1.165, 1.54) is 0 Å². The molecule has 1 saturated heterocycles. The smallest absolute Gasteiger partial charge is 0.0900 e. The van der Waals surface area contributed by atoms with E-state index in [9.17, 15) is 5.11 Å². The van der Waals surface area contributed by atoms with Crippen LogP contribution >= 0.6 is 0 Å². The lowest BCUT2D eigenvalue weighted by molar-refractivity contribution is -0.0103. The van der Waals surface area contributed by atoms with E-state index in [-0.39, 0.29) is 0 Å². The van der Waals surface area contributed by atoms with Gasteiger partial charge >= 0.3 is 0 Å². The Hall–Kier alpha value is -0.940. The van der Waals surface area contributed by atoms with Gasteiger partial charge in [-0.3, -0.25) is 4.90 Å². The van der Waals surface area contributed by atoms with Crippen LogP contribution in [0.1, 0.15) is 19.4 Å². The minimum absolute atomic E-state index is 0.387. The summed E-state index contributed by atoms with van der Waals surface area (Å²) in [5.41, 5.74) is 1.14.